The summed E-state index contributed by atoms with van der Waals surface area (Å²) in [5.41, 5.74) is 2.19. The second-order valence-corrected chi connectivity index (χ2v) is 9.15. The van der Waals surface area contributed by atoms with Gasteiger partial charge < -0.3 is 30.1 Å². The molecule has 0 spiro atoms. The molecule has 0 aliphatic carbocycles. The first-order chi connectivity index (χ1) is 15.7. The summed E-state index contributed by atoms with van der Waals surface area (Å²) in [5, 5.41) is 16.3. The summed E-state index contributed by atoms with van der Waals surface area (Å²) >= 11 is 6.25. The highest BCUT2D eigenvalue weighted by atomic mass is 35.5. The number of aromatic nitrogens is 1. The molecule has 1 saturated heterocycles. The normalized spacial score (nSPS) is 17.2. The fourth-order valence-electron chi connectivity index (χ4n) is 3.94. The van der Waals surface area contributed by atoms with E-state index in [1.165, 1.54) is 7.11 Å². The van der Waals surface area contributed by atoms with E-state index >= 15 is 0 Å². The van der Waals surface area contributed by atoms with Gasteiger partial charge in [0.1, 0.15) is 11.9 Å². The lowest BCUT2D eigenvalue weighted by Gasteiger charge is -2.18. The summed E-state index contributed by atoms with van der Waals surface area (Å²) in [7, 11) is 1.52. The van der Waals surface area contributed by atoms with Crippen LogP contribution < -0.4 is 20.1 Å². The lowest BCUT2D eigenvalue weighted by Crippen LogP contribution is -2.29. The molecule has 0 saturated carbocycles. The summed E-state index contributed by atoms with van der Waals surface area (Å²) in [6.45, 7) is 6.12. The Morgan fingerprint density at radius 1 is 1.42 bits per heavy atom. The molecule has 0 bridgehead atoms. The van der Waals surface area contributed by atoms with Gasteiger partial charge in [-0.15, -0.1) is 0 Å². The summed E-state index contributed by atoms with van der Waals surface area (Å²) in [4.78, 5) is 30.4. The number of pyridine rings is 1. The minimum atomic E-state index is -1.04. The first kappa shape index (κ1) is 23.1. The number of aliphatic hydroxyl groups is 1. The molecule has 176 valence electrons. The van der Waals surface area contributed by atoms with Gasteiger partial charge in [0.2, 0.25) is 0 Å². The van der Waals surface area contributed by atoms with E-state index in [-0.39, 0.29) is 29.1 Å². The zero-order valence-corrected chi connectivity index (χ0v) is 19.5. The molecule has 2 aliphatic heterocycles. The maximum atomic E-state index is 12.7. The molecule has 3 amide bonds. The zero-order valence-electron chi connectivity index (χ0n) is 18.8. The second-order valence-electron chi connectivity index (χ2n) is 8.79. The number of carbonyl (C=O) groups excluding carboxylic acids is 2. The minimum absolute atomic E-state index is 0.0414. The van der Waals surface area contributed by atoms with Crippen molar-refractivity contribution in [2.45, 2.75) is 31.9 Å². The number of hydrogen-bond acceptors (Lipinski definition) is 6. The van der Waals surface area contributed by atoms with Gasteiger partial charge in [-0.05, 0) is 18.2 Å². The minimum Gasteiger partial charge on any atom is -0.496 e. The third-order valence-electron chi connectivity index (χ3n) is 5.91. The Hall–Kier alpha value is -3.04. The maximum Gasteiger partial charge on any atom is 0.317 e. The summed E-state index contributed by atoms with van der Waals surface area (Å²) in [6.07, 6.45) is -1.04. The predicted molar refractivity (Wildman–Crippen MR) is 122 cm³/mol. The largest absolute Gasteiger partial charge is 0.496 e. The van der Waals surface area contributed by atoms with Crippen LogP contribution in [0.2, 0.25) is 5.15 Å². The molecule has 3 heterocycles. The Balaban J connectivity index is 1.42. The first-order valence-corrected chi connectivity index (χ1v) is 11.1. The van der Waals surface area contributed by atoms with Crippen molar-refractivity contribution in [3.8, 4) is 11.5 Å². The van der Waals surface area contributed by atoms with Crippen molar-refractivity contribution < 1.29 is 24.2 Å². The highest BCUT2D eigenvalue weighted by Crippen LogP contribution is 2.42. The molecule has 2 aliphatic rings. The van der Waals surface area contributed by atoms with Crippen LogP contribution in [-0.2, 0) is 12.0 Å². The van der Waals surface area contributed by atoms with E-state index in [9.17, 15) is 14.7 Å². The van der Waals surface area contributed by atoms with Gasteiger partial charge in [0.15, 0.2) is 10.9 Å². The van der Waals surface area contributed by atoms with Gasteiger partial charge in [0, 0.05) is 41.7 Å². The molecule has 2 aromatic rings. The summed E-state index contributed by atoms with van der Waals surface area (Å²) in [5.74, 6) is 0.686. The van der Waals surface area contributed by atoms with Crippen LogP contribution in [0.1, 0.15) is 47.1 Å². The number of nitrogens with one attached hydrogen (secondary N) is 2. The number of ether oxygens (including phenoxy) is 2. The molecular weight excluding hydrogens is 448 g/mol. The number of carbonyl (C=O) groups is 2. The molecule has 1 aromatic heterocycles. The van der Waals surface area contributed by atoms with Crippen LogP contribution in [0.25, 0.3) is 0 Å². The third kappa shape index (κ3) is 4.69. The average molecular weight is 475 g/mol. The van der Waals surface area contributed by atoms with Gasteiger partial charge in [-0.2, -0.15) is 0 Å². The molecule has 4 rings (SSSR count). The van der Waals surface area contributed by atoms with Crippen LogP contribution in [-0.4, -0.2) is 60.3 Å². The maximum absolute atomic E-state index is 12.7. The Kier molecular flexibility index (Phi) is 6.36. The van der Waals surface area contributed by atoms with Crippen molar-refractivity contribution in [3.05, 3.63) is 51.8 Å². The summed E-state index contributed by atoms with van der Waals surface area (Å²) < 4.78 is 11.1. The number of fused-ring (bicyclic) bond motifs is 1. The van der Waals surface area contributed by atoms with E-state index in [0.29, 0.717) is 49.0 Å². The molecule has 1 unspecified atom stereocenters. The highest BCUT2D eigenvalue weighted by molar-refractivity contribution is 6.31. The lowest BCUT2D eigenvalue weighted by atomic mass is 9.87. The Morgan fingerprint density at radius 2 is 2.21 bits per heavy atom. The Labute approximate surface area is 197 Å². The number of halogens is 1. The molecule has 1 fully saturated rings. The zero-order chi connectivity index (χ0) is 23.8. The van der Waals surface area contributed by atoms with E-state index in [0.717, 1.165) is 11.1 Å². The van der Waals surface area contributed by atoms with E-state index in [1.807, 2.05) is 13.8 Å². The highest BCUT2D eigenvalue weighted by Gasteiger charge is 2.35. The number of hydrogen-bond donors (Lipinski definition) is 3. The van der Waals surface area contributed by atoms with Crippen molar-refractivity contribution in [2.75, 3.05) is 33.4 Å². The average Bonchev–Trinajstić information content (AvgIpc) is 3.34. The topological polar surface area (TPSA) is 113 Å². The van der Waals surface area contributed by atoms with Gasteiger partial charge in [0.05, 0.1) is 26.0 Å². The molecule has 1 aromatic carbocycles. The van der Waals surface area contributed by atoms with E-state index in [4.69, 9.17) is 21.1 Å². The van der Waals surface area contributed by atoms with Crippen LogP contribution in [0.3, 0.4) is 0 Å². The number of urea groups is 1. The lowest BCUT2D eigenvalue weighted by molar-refractivity contribution is 0.0913. The first-order valence-electron chi connectivity index (χ1n) is 10.7. The van der Waals surface area contributed by atoms with Crippen molar-refractivity contribution >= 4 is 23.5 Å². The molecule has 0 radical (unpaired) electrons. The molecule has 9 nitrogen and oxygen atoms in total. The van der Waals surface area contributed by atoms with Crippen LogP contribution in [0.4, 0.5) is 4.79 Å². The van der Waals surface area contributed by atoms with Crippen molar-refractivity contribution in [1.82, 2.24) is 20.5 Å². The number of aliphatic hydroxyl groups excluding tert-OH is 1. The number of benzene rings is 1. The smallest absolute Gasteiger partial charge is 0.317 e. The van der Waals surface area contributed by atoms with Crippen molar-refractivity contribution in [1.29, 1.82) is 0 Å². The van der Waals surface area contributed by atoms with Crippen molar-refractivity contribution in [3.63, 3.8) is 0 Å². The van der Waals surface area contributed by atoms with E-state index < -0.39 is 6.10 Å². The van der Waals surface area contributed by atoms with Crippen LogP contribution in [0.5, 0.6) is 11.5 Å². The fraction of sp³-hybridized carbons (Fsp3) is 0.435. The van der Waals surface area contributed by atoms with Crippen LogP contribution in [0, 0.1) is 0 Å². The number of amides is 3. The molecule has 1 atom stereocenters. The second kappa shape index (κ2) is 9.07. The quantitative estimate of drug-likeness (QED) is 0.531. The molecule has 3 N–H and O–H groups in total. The molecular formula is C23H27ClN4O5. The fourth-order valence-corrected chi connectivity index (χ4v) is 4.20. The van der Waals surface area contributed by atoms with Gasteiger partial charge in [0.25, 0.3) is 5.91 Å². The van der Waals surface area contributed by atoms with Gasteiger partial charge in [-0.1, -0.05) is 31.5 Å². The van der Waals surface area contributed by atoms with E-state index in [2.05, 4.69) is 15.6 Å². The molecule has 10 heteroatoms. The monoisotopic (exact) mass is 474 g/mol. The van der Waals surface area contributed by atoms with Crippen LogP contribution >= 0.6 is 11.6 Å². The predicted octanol–water partition coefficient (Wildman–Crippen LogP) is 2.40. The SMILES string of the molecule is COc1cc(C(=O)NCC(O)c2cc3c(c(Cl)n2)OCC3(C)C)ccc1CN1CCNC1=O. The van der Waals surface area contributed by atoms with Crippen LogP contribution in [0.15, 0.2) is 24.3 Å². The third-order valence-corrected chi connectivity index (χ3v) is 6.17. The standard InChI is InChI=1S/C23H27ClN4O5/c1-23(2)12-33-19-15(23)9-16(27-20(19)24)17(29)10-26-21(30)13-4-5-14(18(8-13)32-3)11-28-7-6-25-22(28)31/h4-5,8-9,17,29H,6-7,10-12H2,1-3H3,(H,25,31)(H,26,30). The number of nitrogens with zero attached hydrogens (tertiary/aromatic N) is 2. The van der Waals surface area contributed by atoms with E-state index in [1.54, 1.807) is 29.2 Å². The van der Waals surface area contributed by atoms with Gasteiger partial charge in [-0.25, -0.2) is 9.78 Å². The number of rotatable bonds is 7. The Bertz CT molecular complexity index is 1090. The van der Waals surface area contributed by atoms with Crippen molar-refractivity contribution in [2.24, 2.45) is 0 Å². The Morgan fingerprint density at radius 3 is 2.91 bits per heavy atom. The van der Waals surface area contributed by atoms with Gasteiger partial charge >= 0.3 is 6.03 Å². The summed E-state index contributed by atoms with van der Waals surface area (Å²) in [6, 6.07) is 6.70. The molecule has 33 heavy (non-hydrogen) atoms. The number of methoxy groups -OCH3 is 1. The van der Waals surface area contributed by atoms with Gasteiger partial charge in [-0.3, -0.25) is 4.79 Å².